The van der Waals surface area contributed by atoms with Gasteiger partial charge in [-0.15, -0.1) is 11.3 Å². The predicted molar refractivity (Wildman–Crippen MR) is 124 cm³/mol. The van der Waals surface area contributed by atoms with Gasteiger partial charge in [-0.2, -0.15) is 17.5 Å². The number of anilines is 1. The van der Waals surface area contributed by atoms with Gasteiger partial charge in [0, 0.05) is 56.7 Å². The fraction of sp³-hybridized carbons (Fsp3) is 0.619. The Kier molecular flexibility index (Phi) is 7.42. The SMILES string of the molecule is C[C@H]1COCCN1C[C@H]1CN(S(=O)(=O)c2cccs2)CCN1c1ncc([C@@](C)(O)C(F)(F)F)cn1. The number of aromatic nitrogens is 2. The molecule has 14 heteroatoms. The second-order valence-corrected chi connectivity index (χ2v) is 12.0. The molecular formula is C21H28F3N5O4S2. The quantitative estimate of drug-likeness (QED) is 0.599. The summed E-state index contributed by atoms with van der Waals surface area (Å²) >= 11 is 1.15. The minimum Gasteiger partial charge on any atom is -0.379 e. The molecule has 2 aromatic heterocycles. The molecule has 0 bridgehead atoms. The fourth-order valence-corrected chi connectivity index (χ4v) is 6.80. The zero-order valence-corrected chi connectivity index (χ0v) is 21.0. The summed E-state index contributed by atoms with van der Waals surface area (Å²) in [6.07, 6.45) is -2.94. The molecule has 1 N–H and O–H groups in total. The molecule has 0 unspecified atom stereocenters. The summed E-state index contributed by atoms with van der Waals surface area (Å²) in [5, 5.41) is 11.6. The number of hydrogen-bond donors (Lipinski definition) is 1. The summed E-state index contributed by atoms with van der Waals surface area (Å²) in [7, 11) is -3.67. The van der Waals surface area contributed by atoms with Gasteiger partial charge in [0.15, 0.2) is 5.60 Å². The predicted octanol–water partition coefficient (Wildman–Crippen LogP) is 1.91. The first-order chi connectivity index (χ1) is 16.4. The van der Waals surface area contributed by atoms with E-state index in [1.54, 1.807) is 17.5 Å². The monoisotopic (exact) mass is 535 g/mol. The van der Waals surface area contributed by atoms with Gasteiger partial charge >= 0.3 is 6.18 Å². The summed E-state index contributed by atoms with van der Waals surface area (Å²) < 4.78 is 73.2. The molecule has 0 aliphatic carbocycles. The number of hydrogen-bond acceptors (Lipinski definition) is 9. The molecule has 4 heterocycles. The van der Waals surface area contributed by atoms with E-state index in [9.17, 15) is 26.7 Å². The number of sulfonamides is 1. The molecule has 3 atom stereocenters. The number of alkyl halides is 3. The van der Waals surface area contributed by atoms with Crippen molar-refractivity contribution >= 4 is 27.3 Å². The fourth-order valence-electron chi connectivity index (χ4n) is 4.19. The third-order valence-corrected chi connectivity index (χ3v) is 9.73. The Morgan fingerprint density at radius 1 is 1.23 bits per heavy atom. The minimum atomic E-state index is -4.88. The summed E-state index contributed by atoms with van der Waals surface area (Å²) in [6, 6.07) is 3.04. The Morgan fingerprint density at radius 3 is 2.54 bits per heavy atom. The number of morpholine rings is 1. The van der Waals surface area contributed by atoms with Gasteiger partial charge in [-0.25, -0.2) is 18.4 Å². The van der Waals surface area contributed by atoms with E-state index in [4.69, 9.17) is 4.74 Å². The highest BCUT2D eigenvalue weighted by Crippen LogP contribution is 2.38. The highest BCUT2D eigenvalue weighted by molar-refractivity contribution is 7.91. The van der Waals surface area contributed by atoms with Crippen LogP contribution in [-0.2, 0) is 20.4 Å². The lowest BCUT2D eigenvalue weighted by molar-refractivity contribution is -0.259. The molecule has 0 saturated carbocycles. The lowest BCUT2D eigenvalue weighted by atomic mass is 9.99. The lowest BCUT2D eigenvalue weighted by Gasteiger charge is -2.44. The molecule has 35 heavy (non-hydrogen) atoms. The largest absolute Gasteiger partial charge is 0.421 e. The van der Waals surface area contributed by atoms with Crippen LogP contribution < -0.4 is 4.90 Å². The van der Waals surface area contributed by atoms with Crippen molar-refractivity contribution in [2.45, 2.75) is 41.9 Å². The second-order valence-electron chi connectivity index (χ2n) is 8.90. The Hall–Kier alpha value is -1.84. The van der Waals surface area contributed by atoms with Crippen molar-refractivity contribution in [2.75, 3.05) is 50.8 Å². The Labute approximate surface area is 206 Å². The van der Waals surface area contributed by atoms with E-state index in [2.05, 4.69) is 14.9 Å². The summed E-state index contributed by atoms with van der Waals surface area (Å²) in [5.41, 5.74) is -3.55. The van der Waals surface area contributed by atoms with Gasteiger partial charge in [-0.1, -0.05) is 6.07 Å². The van der Waals surface area contributed by atoms with Gasteiger partial charge < -0.3 is 14.7 Å². The van der Waals surface area contributed by atoms with E-state index in [0.29, 0.717) is 33.2 Å². The van der Waals surface area contributed by atoms with Crippen molar-refractivity contribution in [2.24, 2.45) is 0 Å². The van der Waals surface area contributed by atoms with E-state index >= 15 is 0 Å². The van der Waals surface area contributed by atoms with Crippen LogP contribution in [0, 0.1) is 0 Å². The van der Waals surface area contributed by atoms with Crippen molar-refractivity contribution in [1.29, 1.82) is 0 Å². The maximum Gasteiger partial charge on any atom is 0.421 e. The van der Waals surface area contributed by atoms with Crippen molar-refractivity contribution in [3.8, 4) is 0 Å². The maximum atomic E-state index is 13.2. The normalized spacial score (nSPS) is 24.9. The molecule has 0 amide bonds. The van der Waals surface area contributed by atoms with Crippen LogP contribution in [0.4, 0.5) is 19.1 Å². The molecule has 2 aromatic rings. The number of halogens is 3. The van der Waals surface area contributed by atoms with Gasteiger partial charge in [0.25, 0.3) is 10.0 Å². The van der Waals surface area contributed by atoms with Crippen LogP contribution >= 0.6 is 11.3 Å². The number of nitrogens with zero attached hydrogens (tertiary/aromatic N) is 5. The standard InChI is InChI=1S/C21H28F3N5O4S2/c1-15-14-33-8-7-27(15)12-17-13-28(35(31,32)18-4-3-9-34-18)5-6-29(17)19-25-10-16(11-26-19)20(2,30)21(22,23)24/h3-4,9-11,15,17,30H,5-8,12-14H2,1-2H3/t15-,17-,20+/m0/s1. The number of piperazine rings is 1. The molecule has 0 aromatic carbocycles. The average Bonchev–Trinajstić information content (AvgIpc) is 3.36. The van der Waals surface area contributed by atoms with Crippen LogP contribution in [0.25, 0.3) is 0 Å². The number of rotatable bonds is 6. The molecule has 2 aliphatic heterocycles. The number of aliphatic hydroxyl groups is 1. The first-order valence-electron chi connectivity index (χ1n) is 11.1. The summed E-state index contributed by atoms with van der Waals surface area (Å²) in [5.74, 6) is 0.186. The Morgan fingerprint density at radius 2 is 1.94 bits per heavy atom. The van der Waals surface area contributed by atoms with Crippen LogP contribution in [0.3, 0.4) is 0 Å². The van der Waals surface area contributed by atoms with Crippen molar-refractivity contribution in [3.63, 3.8) is 0 Å². The van der Waals surface area contributed by atoms with Crippen molar-refractivity contribution in [3.05, 3.63) is 35.5 Å². The lowest BCUT2D eigenvalue weighted by Crippen LogP contribution is -2.60. The zero-order chi connectivity index (χ0) is 25.4. The summed E-state index contributed by atoms with van der Waals surface area (Å²) in [4.78, 5) is 12.3. The van der Waals surface area contributed by atoms with Crippen LogP contribution in [0.15, 0.2) is 34.1 Å². The molecular weight excluding hydrogens is 507 g/mol. The Bertz CT molecular complexity index is 1100. The first kappa shape index (κ1) is 26.2. The number of thiophene rings is 1. The molecule has 2 fully saturated rings. The summed E-state index contributed by atoms with van der Waals surface area (Å²) in [6.45, 7) is 5.61. The Balaban J connectivity index is 1.60. The van der Waals surface area contributed by atoms with Gasteiger partial charge in [-0.05, 0) is 25.3 Å². The molecule has 9 nitrogen and oxygen atoms in total. The van der Waals surface area contributed by atoms with E-state index in [-0.39, 0.29) is 41.9 Å². The third kappa shape index (κ3) is 5.32. The van der Waals surface area contributed by atoms with Crippen LogP contribution in [-0.4, -0.2) is 96.9 Å². The van der Waals surface area contributed by atoms with E-state index in [1.165, 1.54) is 4.31 Å². The molecule has 194 valence electrons. The molecule has 4 rings (SSSR count). The number of ether oxygens (including phenoxy) is 1. The minimum absolute atomic E-state index is 0.125. The molecule has 2 saturated heterocycles. The van der Waals surface area contributed by atoms with Gasteiger partial charge in [-0.3, -0.25) is 4.90 Å². The van der Waals surface area contributed by atoms with E-state index < -0.39 is 27.4 Å². The topological polar surface area (TPSA) is 99.1 Å². The zero-order valence-electron chi connectivity index (χ0n) is 19.3. The molecule has 0 spiro atoms. The van der Waals surface area contributed by atoms with Gasteiger partial charge in [0.2, 0.25) is 5.95 Å². The molecule has 0 radical (unpaired) electrons. The van der Waals surface area contributed by atoms with Crippen LogP contribution in [0.5, 0.6) is 0 Å². The van der Waals surface area contributed by atoms with Crippen molar-refractivity contribution in [1.82, 2.24) is 19.2 Å². The second kappa shape index (κ2) is 9.90. The average molecular weight is 536 g/mol. The van der Waals surface area contributed by atoms with E-state index in [0.717, 1.165) is 23.7 Å². The maximum absolute atomic E-state index is 13.2. The highest BCUT2D eigenvalue weighted by Gasteiger charge is 2.51. The van der Waals surface area contributed by atoms with Gasteiger partial charge in [0.05, 0.1) is 19.3 Å². The first-order valence-corrected chi connectivity index (χ1v) is 13.5. The highest BCUT2D eigenvalue weighted by atomic mass is 32.2. The van der Waals surface area contributed by atoms with Crippen LogP contribution in [0.2, 0.25) is 0 Å². The van der Waals surface area contributed by atoms with Gasteiger partial charge in [0.1, 0.15) is 4.21 Å². The molecule has 2 aliphatic rings. The third-order valence-electron chi connectivity index (χ3n) is 6.49. The smallest absolute Gasteiger partial charge is 0.379 e. The van der Waals surface area contributed by atoms with Crippen molar-refractivity contribution < 1.29 is 31.4 Å². The van der Waals surface area contributed by atoms with E-state index in [1.807, 2.05) is 11.8 Å². The van der Waals surface area contributed by atoms with Crippen LogP contribution in [0.1, 0.15) is 19.4 Å².